The second-order valence-electron chi connectivity index (χ2n) is 4.87. The van der Waals surface area contributed by atoms with E-state index < -0.39 is 0 Å². The summed E-state index contributed by atoms with van der Waals surface area (Å²) in [5, 5.41) is 1.15. The molecule has 0 bridgehead atoms. The first-order valence-electron chi connectivity index (χ1n) is 7.09. The van der Waals surface area contributed by atoms with E-state index in [0.29, 0.717) is 18.4 Å². The topological polar surface area (TPSA) is 22.1 Å². The lowest BCUT2D eigenvalue weighted by Crippen LogP contribution is -2.10. The van der Waals surface area contributed by atoms with Crippen molar-refractivity contribution in [2.45, 2.75) is 26.2 Å². The highest BCUT2D eigenvalue weighted by Gasteiger charge is 2.06. The van der Waals surface area contributed by atoms with Gasteiger partial charge in [-0.15, -0.1) is 0 Å². The van der Waals surface area contributed by atoms with Crippen LogP contribution in [0.3, 0.4) is 0 Å². The van der Waals surface area contributed by atoms with E-state index in [4.69, 9.17) is 4.74 Å². The number of para-hydroxylation sites is 1. The molecule has 0 radical (unpaired) electrons. The number of rotatable bonds is 7. The first-order chi connectivity index (χ1) is 9.83. The van der Waals surface area contributed by atoms with Gasteiger partial charge >= 0.3 is 0 Å². The predicted octanol–water partition coefficient (Wildman–Crippen LogP) is 5.37. The third kappa shape index (κ3) is 4.47. The third-order valence-electron chi connectivity index (χ3n) is 3.29. The summed E-state index contributed by atoms with van der Waals surface area (Å²) in [5.41, 5.74) is 0.986. The second kappa shape index (κ2) is 8.25. The normalized spacial score (nSPS) is 12.9. The van der Waals surface area contributed by atoms with Crippen LogP contribution >= 0.6 is 22.6 Å². The van der Waals surface area contributed by atoms with Crippen molar-refractivity contribution in [3.8, 4) is 5.88 Å². The van der Waals surface area contributed by atoms with Gasteiger partial charge in [0.25, 0.3) is 0 Å². The molecule has 0 N–H and O–H groups in total. The Morgan fingerprint density at radius 2 is 2.10 bits per heavy atom. The average Bonchev–Trinajstić information content (AvgIpc) is 2.50. The van der Waals surface area contributed by atoms with Crippen LogP contribution in [0, 0.1) is 5.92 Å². The monoisotopic (exact) mass is 381 g/mol. The lowest BCUT2D eigenvalue weighted by molar-refractivity contribution is 0.258. The van der Waals surface area contributed by atoms with Crippen molar-refractivity contribution in [2.75, 3.05) is 6.61 Å². The van der Waals surface area contributed by atoms with Crippen LogP contribution in [0.5, 0.6) is 5.88 Å². The van der Waals surface area contributed by atoms with Crippen LogP contribution in [0.2, 0.25) is 0 Å². The number of halogens is 1. The van der Waals surface area contributed by atoms with Crippen LogP contribution in [-0.2, 0) is 0 Å². The minimum absolute atomic E-state index is 0.472. The van der Waals surface area contributed by atoms with Crippen molar-refractivity contribution >= 4 is 33.5 Å². The van der Waals surface area contributed by atoms with Crippen LogP contribution in [0.25, 0.3) is 10.9 Å². The maximum atomic E-state index is 5.86. The number of unbranched alkanes of at least 4 members (excludes halogenated alkanes) is 1. The summed E-state index contributed by atoms with van der Waals surface area (Å²) in [6, 6.07) is 12.1. The van der Waals surface area contributed by atoms with E-state index in [0.717, 1.165) is 10.9 Å². The summed E-state index contributed by atoms with van der Waals surface area (Å²) in [6.45, 7) is 2.92. The molecule has 1 aromatic carbocycles. The van der Waals surface area contributed by atoms with E-state index in [2.05, 4.69) is 56.8 Å². The summed E-state index contributed by atoms with van der Waals surface area (Å²) < 4.78 is 7.94. The molecule has 0 fully saturated rings. The van der Waals surface area contributed by atoms with Crippen molar-refractivity contribution in [3.63, 3.8) is 0 Å². The zero-order valence-electron chi connectivity index (χ0n) is 11.8. The maximum Gasteiger partial charge on any atom is 0.213 e. The van der Waals surface area contributed by atoms with Gasteiger partial charge in [0.05, 0.1) is 12.1 Å². The van der Waals surface area contributed by atoms with E-state index in [-0.39, 0.29) is 0 Å². The molecular formula is C17H20INO. The molecule has 106 valence electrons. The van der Waals surface area contributed by atoms with Crippen molar-refractivity contribution in [1.82, 2.24) is 4.98 Å². The van der Waals surface area contributed by atoms with Gasteiger partial charge in [0, 0.05) is 17.4 Å². The van der Waals surface area contributed by atoms with E-state index in [1.54, 1.807) is 0 Å². The minimum atomic E-state index is 0.472. The lowest BCUT2D eigenvalue weighted by Gasteiger charge is -2.13. The Kier molecular flexibility index (Phi) is 6.30. The maximum absolute atomic E-state index is 5.86. The SMILES string of the molecule is CCCCC(C=CI)COc1ccc2ccccc2n1. The van der Waals surface area contributed by atoms with E-state index in [1.165, 1.54) is 19.3 Å². The van der Waals surface area contributed by atoms with Crippen LogP contribution in [0.1, 0.15) is 26.2 Å². The second-order valence-corrected chi connectivity index (χ2v) is 5.59. The zero-order valence-corrected chi connectivity index (χ0v) is 13.9. The summed E-state index contributed by atoms with van der Waals surface area (Å²) in [7, 11) is 0. The number of benzene rings is 1. The standard InChI is InChI=1S/C17H20INO/c1-2-3-6-14(11-12-18)13-20-17-10-9-15-7-4-5-8-16(15)19-17/h4-5,7-12,14H,2-3,6,13H2,1H3. The summed E-state index contributed by atoms with van der Waals surface area (Å²) in [4.78, 5) is 4.54. The van der Waals surface area contributed by atoms with Gasteiger partial charge in [-0.3, -0.25) is 0 Å². The Morgan fingerprint density at radius 1 is 1.25 bits per heavy atom. The van der Waals surface area contributed by atoms with Crippen LogP contribution < -0.4 is 4.74 Å². The highest BCUT2D eigenvalue weighted by molar-refractivity contribution is 14.1. The number of pyridine rings is 1. The number of fused-ring (bicyclic) bond motifs is 1. The Balaban J connectivity index is 1.99. The number of hydrogen-bond donors (Lipinski definition) is 0. The van der Waals surface area contributed by atoms with Crippen LogP contribution in [0.15, 0.2) is 46.6 Å². The highest BCUT2D eigenvalue weighted by Crippen LogP contribution is 2.18. The first kappa shape index (κ1) is 15.3. The number of nitrogens with zero attached hydrogens (tertiary/aromatic N) is 1. The lowest BCUT2D eigenvalue weighted by atomic mass is 10.0. The quantitative estimate of drug-likeness (QED) is 0.602. The van der Waals surface area contributed by atoms with E-state index in [1.807, 2.05) is 24.3 Å². The molecular weight excluding hydrogens is 361 g/mol. The molecule has 0 amide bonds. The summed E-state index contributed by atoms with van der Waals surface area (Å²) in [6.07, 6.45) is 5.85. The van der Waals surface area contributed by atoms with Gasteiger partial charge < -0.3 is 4.74 Å². The molecule has 0 aliphatic heterocycles. The predicted molar refractivity (Wildman–Crippen MR) is 93.4 cm³/mol. The van der Waals surface area contributed by atoms with Gasteiger partial charge in [0.15, 0.2) is 0 Å². The third-order valence-corrected chi connectivity index (χ3v) is 3.71. The molecule has 2 aromatic rings. The Labute approximate surface area is 134 Å². The number of ether oxygens (including phenoxy) is 1. The van der Waals surface area contributed by atoms with Gasteiger partial charge in [-0.05, 0) is 22.6 Å². The fraction of sp³-hybridized carbons (Fsp3) is 0.353. The average molecular weight is 381 g/mol. The Bertz CT molecular complexity index is 568. The van der Waals surface area contributed by atoms with Crippen LogP contribution in [0.4, 0.5) is 0 Å². The molecule has 20 heavy (non-hydrogen) atoms. The molecule has 0 saturated carbocycles. The molecule has 3 heteroatoms. The molecule has 0 aliphatic carbocycles. The zero-order chi connectivity index (χ0) is 14.2. The molecule has 1 atom stereocenters. The molecule has 0 saturated heterocycles. The molecule has 2 rings (SSSR count). The van der Waals surface area contributed by atoms with E-state index >= 15 is 0 Å². The van der Waals surface area contributed by atoms with Gasteiger partial charge in [-0.2, -0.15) is 0 Å². The van der Waals surface area contributed by atoms with Crippen molar-refractivity contribution in [1.29, 1.82) is 0 Å². The molecule has 1 aromatic heterocycles. The van der Waals surface area contributed by atoms with E-state index in [9.17, 15) is 0 Å². The first-order valence-corrected chi connectivity index (χ1v) is 8.33. The minimum Gasteiger partial charge on any atom is -0.477 e. The fourth-order valence-corrected chi connectivity index (χ4v) is 2.71. The number of hydrogen-bond acceptors (Lipinski definition) is 2. The van der Waals surface area contributed by atoms with Gasteiger partial charge in [0.2, 0.25) is 5.88 Å². The highest BCUT2D eigenvalue weighted by atomic mass is 127. The molecule has 1 unspecified atom stereocenters. The summed E-state index contributed by atoms with van der Waals surface area (Å²) in [5.74, 6) is 1.19. The van der Waals surface area contributed by atoms with Crippen LogP contribution in [-0.4, -0.2) is 11.6 Å². The van der Waals surface area contributed by atoms with Gasteiger partial charge in [0.1, 0.15) is 0 Å². The molecule has 0 spiro atoms. The largest absolute Gasteiger partial charge is 0.477 e. The van der Waals surface area contributed by atoms with Gasteiger partial charge in [-0.1, -0.05) is 66.6 Å². The fourth-order valence-electron chi connectivity index (χ4n) is 2.12. The van der Waals surface area contributed by atoms with Crippen molar-refractivity contribution < 1.29 is 4.74 Å². The Morgan fingerprint density at radius 3 is 2.90 bits per heavy atom. The number of aromatic nitrogens is 1. The van der Waals surface area contributed by atoms with Crippen molar-refractivity contribution in [3.05, 3.63) is 46.6 Å². The summed E-state index contributed by atoms with van der Waals surface area (Å²) >= 11 is 2.27. The molecule has 2 nitrogen and oxygen atoms in total. The van der Waals surface area contributed by atoms with Gasteiger partial charge in [-0.25, -0.2) is 4.98 Å². The molecule has 1 heterocycles. The smallest absolute Gasteiger partial charge is 0.213 e. The Hall–Kier alpha value is -1.10. The molecule has 0 aliphatic rings. The van der Waals surface area contributed by atoms with Crippen molar-refractivity contribution in [2.24, 2.45) is 5.92 Å².